The van der Waals surface area contributed by atoms with Crippen LogP contribution in [-0.2, 0) is 0 Å². The average Bonchev–Trinajstić information content (AvgIpc) is 3.48. The number of aromatic nitrogens is 1. The average molecular weight is 446 g/mol. The maximum Gasteiger partial charge on any atom is 0.321 e. The Labute approximate surface area is 191 Å². The molecule has 3 aromatic rings. The number of rotatable bonds is 5. The van der Waals surface area contributed by atoms with E-state index in [1.54, 1.807) is 17.0 Å². The van der Waals surface area contributed by atoms with E-state index in [4.69, 9.17) is 0 Å². The van der Waals surface area contributed by atoms with E-state index >= 15 is 0 Å². The van der Waals surface area contributed by atoms with Crippen LogP contribution in [0.15, 0.2) is 54.6 Å². The van der Waals surface area contributed by atoms with Crippen molar-refractivity contribution in [3.05, 3.63) is 65.9 Å². The molecule has 33 heavy (non-hydrogen) atoms. The fourth-order valence-corrected chi connectivity index (χ4v) is 4.65. The number of amides is 4. The van der Waals surface area contributed by atoms with Crippen molar-refractivity contribution in [3.8, 4) is 0 Å². The normalized spacial score (nSPS) is 18.4. The van der Waals surface area contributed by atoms with Gasteiger partial charge in [-0.05, 0) is 49.1 Å². The molecule has 0 radical (unpaired) electrons. The number of likely N-dealkylation sites (tertiary alicyclic amines) is 1. The third-order valence-electron chi connectivity index (χ3n) is 6.39. The molecule has 0 bridgehead atoms. The molecule has 1 atom stereocenters. The first-order valence-corrected chi connectivity index (χ1v) is 11.4. The number of hydrogen-bond acceptors (Lipinski definition) is 3. The molecular weight excluding hydrogens is 418 g/mol. The highest BCUT2D eigenvalue weighted by atomic mass is 16.2. The summed E-state index contributed by atoms with van der Waals surface area (Å²) in [5.74, 6) is 0.0258. The van der Waals surface area contributed by atoms with E-state index in [1.807, 2.05) is 47.4 Å². The van der Waals surface area contributed by atoms with Crippen molar-refractivity contribution in [2.75, 3.05) is 37.6 Å². The number of hydrogen-bond donors (Lipinski definition) is 3. The first kappa shape index (κ1) is 21.1. The Morgan fingerprint density at radius 2 is 1.94 bits per heavy atom. The lowest BCUT2D eigenvalue weighted by Crippen LogP contribution is -2.43. The van der Waals surface area contributed by atoms with E-state index in [2.05, 4.69) is 15.6 Å². The van der Waals surface area contributed by atoms with Crippen LogP contribution in [0.3, 0.4) is 0 Å². The molecular formula is C25H27N5O3. The summed E-state index contributed by atoms with van der Waals surface area (Å²) in [5, 5.41) is 6.81. The smallest absolute Gasteiger partial charge is 0.321 e. The molecule has 2 saturated heterocycles. The molecule has 3 N–H and O–H groups in total. The minimum atomic E-state index is -0.136. The zero-order valence-electron chi connectivity index (χ0n) is 18.3. The number of anilines is 1. The van der Waals surface area contributed by atoms with E-state index in [9.17, 15) is 14.4 Å². The van der Waals surface area contributed by atoms with Gasteiger partial charge in [0.2, 0.25) is 0 Å². The van der Waals surface area contributed by atoms with Gasteiger partial charge in [-0.1, -0.05) is 24.3 Å². The number of benzene rings is 2. The zero-order valence-corrected chi connectivity index (χ0v) is 18.3. The Balaban J connectivity index is 1.20. The third-order valence-corrected chi connectivity index (χ3v) is 6.39. The summed E-state index contributed by atoms with van der Waals surface area (Å²) in [4.78, 5) is 44.4. The van der Waals surface area contributed by atoms with Crippen molar-refractivity contribution >= 4 is 34.4 Å². The molecule has 1 unspecified atom stereocenters. The molecule has 8 heteroatoms. The van der Waals surface area contributed by atoms with E-state index in [0.29, 0.717) is 44.0 Å². The van der Waals surface area contributed by atoms with Gasteiger partial charge in [0.05, 0.1) is 0 Å². The summed E-state index contributed by atoms with van der Waals surface area (Å²) >= 11 is 0. The second-order valence-corrected chi connectivity index (χ2v) is 8.67. The number of urea groups is 1. The maximum absolute atomic E-state index is 13.2. The number of fused-ring (bicyclic) bond motifs is 1. The van der Waals surface area contributed by atoms with Crippen molar-refractivity contribution in [3.63, 3.8) is 0 Å². The fraction of sp³-hybridized carbons (Fsp3) is 0.320. The lowest BCUT2D eigenvalue weighted by Gasteiger charge is -2.33. The van der Waals surface area contributed by atoms with Gasteiger partial charge in [0.15, 0.2) is 0 Å². The molecule has 2 aliphatic rings. The van der Waals surface area contributed by atoms with E-state index in [-0.39, 0.29) is 23.8 Å². The van der Waals surface area contributed by atoms with Crippen molar-refractivity contribution in [2.45, 2.75) is 12.8 Å². The van der Waals surface area contributed by atoms with E-state index in [0.717, 1.165) is 29.4 Å². The second-order valence-electron chi connectivity index (χ2n) is 8.67. The molecule has 3 heterocycles. The molecule has 4 amide bonds. The Hall–Kier alpha value is -3.81. The molecule has 8 nitrogen and oxygen atoms in total. The maximum atomic E-state index is 13.2. The number of nitrogens with one attached hydrogen (secondary N) is 3. The third kappa shape index (κ3) is 4.41. The zero-order chi connectivity index (χ0) is 22.8. The van der Waals surface area contributed by atoms with Crippen LogP contribution >= 0.6 is 0 Å². The Morgan fingerprint density at radius 1 is 1.06 bits per heavy atom. The molecule has 5 rings (SSSR count). The predicted molar refractivity (Wildman–Crippen MR) is 126 cm³/mol. The van der Waals surface area contributed by atoms with Crippen LogP contribution in [0.1, 0.15) is 33.7 Å². The van der Waals surface area contributed by atoms with Crippen molar-refractivity contribution in [2.24, 2.45) is 5.92 Å². The number of nitrogens with zero attached hydrogens (tertiary/aromatic N) is 2. The van der Waals surface area contributed by atoms with Crippen LogP contribution in [-0.4, -0.2) is 60.5 Å². The van der Waals surface area contributed by atoms with Crippen LogP contribution < -0.4 is 15.5 Å². The van der Waals surface area contributed by atoms with Gasteiger partial charge in [0, 0.05) is 54.9 Å². The number of H-pyrrole nitrogens is 1. The Bertz CT molecular complexity index is 1170. The minimum absolute atomic E-state index is 0.0388. The van der Waals surface area contributed by atoms with Gasteiger partial charge in [-0.2, -0.15) is 0 Å². The molecule has 0 saturated carbocycles. The Kier molecular flexibility index (Phi) is 5.73. The highest BCUT2D eigenvalue weighted by Crippen LogP contribution is 2.22. The molecule has 2 aromatic carbocycles. The summed E-state index contributed by atoms with van der Waals surface area (Å²) in [5.41, 5.74) is 2.79. The summed E-state index contributed by atoms with van der Waals surface area (Å²) in [6.45, 7) is 3.01. The molecule has 1 aromatic heterocycles. The highest BCUT2D eigenvalue weighted by Gasteiger charge is 2.27. The summed E-state index contributed by atoms with van der Waals surface area (Å²) in [6, 6.07) is 16.8. The van der Waals surface area contributed by atoms with Gasteiger partial charge in [-0.3, -0.25) is 14.5 Å². The number of carbonyl (C=O) groups excluding carboxylic acids is 3. The summed E-state index contributed by atoms with van der Waals surface area (Å²) in [6.07, 6.45) is 1.86. The van der Waals surface area contributed by atoms with Crippen molar-refractivity contribution < 1.29 is 14.4 Å². The number of para-hydroxylation sites is 1. The van der Waals surface area contributed by atoms with Crippen LogP contribution in [0.25, 0.3) is 10.9 Å². The quantitative estimate of drug-likeness (QED) is 0.563. The number of carbonyl (C=O) groups is 3. The number of aromatic amines is 1. The van der Waals surface area contributed by atoms with Crippen LogP contribution in [0.5, 0.6) is 0 Å². The van der Waals surface area contributed by atoms with Gasteiger partial charge in [-0.25, -0.2) is 4.79 Å². The summed E-state index contributed by atoms with van der Waals surface area (Å²) < 4.78 is 0. The predicted octanol–water partition coefficient (Wildman–Crippen LogP) is 2.98. The molecule has 2 fully saturated rings. The second kappa shape index (κ2) is 8.97. The van der Waals surface area contributed by atoms with Gasteiger partial charge in [-0.15, -0.1) is 0 Å². The first-order chi connectivity index (χ1) is 16.1. The molecule has 0 aliphatic carbocycles. The fourth-order valence-electron chi connectivity index (χ4n) is 4.65. The van der Waals surface area contributed by atoms with Crippen LogP contribution in [0, 0.1) is 5.92 Å². The number of piperidine rings is 1. The minimum Gasteiger partial charge on any atom is -0.351 e. The van der Waals surface area contributed by atoms with Crippen LogP contribution in [0.2, 0.25) is 0 Å². The molecule has 170 valence electrons. The van der Waals surface area contributed by atoms with Gasteiger partial charge < -0.3 is 20.5 Å². The highest BCUT2D eigenvalue weighted by molar-refractivity contribution is 5.99. The lowest BCUT2D eigenvalue weighted by atomic mass is 9.97. The van der Waals surface area contributed by atoms with Gasteiger partial charge in [0.1, 0.15) is 5.69 Å². The SMILES string of the molecule is O=C(NCC1CCCN(C(=O)c2cccc(N3CCNC3=O)c2)C1)c1cc2ccccc2[nH]1. The van der Waals surface area contributed by atoms with E-state index in [1.165, 1.54) is 0 Å². The van der Waals surface area contributed by atoms with Gasteiger partial charge >= 0.3 is 6.03 Å². The van der Waals surface area contributed by atoms with Crippen LogP contribution in [0.4, 0.5) is 10.5 Å². The summed E-state index contributed by atoms with van der Waals surface area (Å²) in [7, 11) is 0. The molecule has 2 aliphatic heterocycles. The monoisotopic (exact) mass is 445 g/mol. The van der Waals surface area contributed by atoms with Gasteiger partial charge in [0.25, 0.3) is 11.8 Å². The standard InChI is InChI=1S/C25H27N5O3/c31-23(22-14-18-6-1-2-9-21(18)28-22)27-15-17-5-4-11-29(16-17)24(32)19-7-3-8-20(13-19)30-12-10-26-25(30)33/h1-3,6-9,13-14,17,28H,4-5,10-12,15-16H2,(H,26,33)(H,27,31). The lowest BCUT2D eigenvalue weighted by molar-refractivity contribution is 0.0670. The largest absolute Gasteiger partial charge is 0.351 e. The van der Waals surface area contributed by atoms with Crippen molar-refractivity contribution in [1.29, 1.82) is 0 Å². The first-order valence-electron chi connectivity index (χ1n) is 11.4. The Morgan fingerprint density at radius 3 is 2.76 bits per heavy atom. The topological polar surface area (TPSA) is 97.5 Å². The molecule has 0 spiro atoms. The van der Waals surface area contributed by atoms with Crippen molar-refractivity contribution in [1.82, 2.24) is 20.5 Å². The van der Waals surface area contributed by atoms with E-state index < -0.39 is 0 Å².